The Kier molecular flexibility index (Phi) is 3.61. The van der Waals surface area contributed by atoms with Gasteiger partial charge in [0.1, 0.15) is 6.10 Å². The minimum Gasteiger partial charge on any atom is -0.462 e. The Morgan fingerprint density at radius 3 is 2.87 bits per heavy atom. The van der Waals surface area contributed by atoms with E-state index in [1.807, 2.05) is 6.07 Å². The highest BCUT2D eigenvalue weighted by Crippen LogP contribution is 2.30. The molecule has 1 heterocycles. The zero-order chi connectivity index (χ0) is 11.4. The van der Waals surface area contributed by atoms with Crippen LogP contribution in [0.4, 0.5) is 0 Å². The van der Waals surface area contributed by atoms with Gasteiger partial charge in [-0.15, -0.1) is 0 Å². The van der Waals surface area contributed by atoms with E-state index >= 15 is 0 Å². The van der Waals surface area contributed by atoms with Crippen molar-refractivity contribution < 1.29 is 14.5 Å². The van der Waals surface area contributed by atoms with Crippen molar-refractivity contribution >= 4 is 5.97 Å². The summed E-state index contributed by atoms with van der Waals surface area (Å²) < 4.78 is 4.99. The molecular weight excluding hydrogens is 200 g/mol. The van der Waals surface area contributed by atoms with E-state index in [-0.39, 0.29) is 13.0 Å². The average Bonchev–Trinajstić information content (AvgIpc) is 2.42. The molecule has 3 atom stereocenters. The molecule has 6 nitrogen and oxygen atoms in total. The molecule has 1 saturated heterocycles. The number of hydrogen-bond donors (Lipinski definition) is 0. The molecule has 1 fully saturated rings. The number of ether oxygens (including phenoxy) is 1. The van der Waals surface area contributed by atoms with E-state index < -0.39 is 28.8 Å². The lowest BCUT2D eigenvalue weighted by Crippen LogP contribution is -2.27. The molecule has 0 unspecified atom stereocenters. The van der Waals surface area contributed by atoms with Gasteiger partial charge in [0.25, 0.3) is 0 Å². The van der Waals surface area contributed by atoms with Crippen molar-refractivity contribution in [2.24, 2.45) is 11.8 Å². The van der Waals surface area contributed by atoms with E-state index in [9.17, 15) is 14.9 Å². The second kappa shape index (κ2) is 4.73. The van der Waals surface area contributed by atoms with E-state index in [1.165, 1.54) is 0 Å². The van der Waals surface area contributed by atoms with E-state index in [2.05, 4.69) is 0 Å². The third kappa shape index (κ3) is 2.65. The van der Waals surface area contributed by atoms with Crippen molar-refractivity contribution in [1.82, 2.24) is 0 Å². The predicted octanol–water partition coefficient (Wildman–Crippen LogP) is 0.745. The topological polar surface area (TPSA) is 93.2 Å². The predicted molar refractivity (Wildman–Crippen MR) is 49.2 cm³/mol. The molecule has 0 aromatic carbocycles. The van der Waals surface area contributed by atoms with Crippen LogP contribution in [-0.2, 0) is 9.53 Å². The SMILES string of the molecule is C[C@H]1C(=O)O[C@@H](CCC#N)[C@@H]1C[N+](=O)[O-]. The van der Waals surface area contributed by atoms with Gasteiger partial charge in [0.15, 0.2) is 0 Å². The van der Waals surface area contributed by atoms with Crippen LogP contribution < -0.4 is 0 Å². The van der Waals surface area contributed by atoms with Gasteiger partial charge in [-0.2, -0.15) is 5.26 Å². The first kappa shape index (κ1) is 11.4. The molecule has 1 rings (SSSR count). The van der Waals surface area contributed by atoms with Crippen LogP contribution in [-0.4, -0.2) is 23.5 Å². The summed E-state index contributed by atoms with van der Waals surface area (Å²) in [7, 11) is 0. The van der Waals surface area contributed by atoms with Gasteiger partial charge in [0.05, 0.1) is 17.9 Å². The first-order chi connectivity index (χ1) is 7.06. The molecule has 0 aromatic heterocycles. The standard InChI is InChI=1S/C9H12N2O4/c1-6-7(5-11(13)14)8(3-2-4-10)15-9(6)12/h6-8H,2-3,5H2,1H3/t6-,7-,8+/m1/s1. The lowest BCUT2D eigenvalue weighted by Gasteiger charge is -2.13. The van der Waals surface area contributed by atoms with Crippen LogP contribution in [0, 0.1) is 33.3 Å². The quantitative estimate of drug-likeness (QED) is 0.389. The summed E-state index contributed by atoms with van der Waals surface area (Å²) in [4.78, 5) is 21.2. The lowest BCUT2D eigenvalue weighted by molar-refractivity contribution is -0.490. The second-order valence-electron chi connectivity index (χ2n) is 3.64. The molecule has 0 aliphatic carbocycles. The van der Waals surface area contributed by atoms with Gasteiger partial charge in [-0.25, -0.2) is 0 Å². The van der Waals surface area contributed by atoms with Gasteiger partial charge in [-0.1, -0.05) is 6.92 Å². The molecular formula is C9H12N2O4. The first-order valence-electron chi connectivity index (χ1n) is 4.75. The summed E-state index contributed by atoms with van der Waals surface area (Å²) in [5.74, 6) is -1.25. The van der Waals surface area contributed by atoms with Crippen LogP contribution in [0.5, 0.6) is 0 Å². The summed E-state index contributed by atoms with van der Waals surface area (Å²) >= 11 is 0. The van der Waals surface area contributed by atoms with Crippen LogP contribution >= 0.6 is 0 Å². The van der Waals surface area contributed by atoms with Crippen molar-refractivity contribution in [3.63, 3.8) is 0 Å². The smallest absolute Gasteiger partial charge is 0.309 e. The largest absolute Gasteiger partial charge is 0.462 e. The average molecular weight is 212 g/mol. The van der Waals surface area contributed by atoms with Gasteiger partial charge in [0, 0.05) is 11.3 Å². The second-order valence-corrected chi connectivity index (χ2v) is 3.64. The highest BCUT2D eigenvalue weighted by Gasteiger charge is 2.44. The highest BCUT2D eigenvalue weighted by atomic mass is 16.6. The third-order valence-electron chi connectivity index (χ3n) is 2.66. The number of cyclic esters (lactones) is 1. The molecule has 0 spiro atoms. The Morgan fingerprint density at radius 2 is 2.33 bits per heavy atom. The van der Waals surface area contributed by atoms with E-state index in [0.29, 0.717) is 6.42 Å². The van der Waals surface area contributed by atoms with Crippen LogP contribution in [0.15, 0.2) is 0 Å². The Bertz CT molecular complexity index is 310. The molecule has 0 aromatic rings. The Labute approximate surface area is 87.0 Å². The number of rotatable bonds is 4. The van der Waals surface area contributed by atoms with Crippen LogP contribution in [0.2, 0.25) is 0 Å². The van der Waals surface area contributed by atoms with Crippen molar-refractivity contribution in [2.45, 2.75) is 25.9 Å². The normalized spacial score (nSPS) is 29.6. The summed E-state index contributed by atoms with van der Waals surface area (Å²) in [6.07, 6.45) is 0.154. The van der Waals surface area contributed by atoms with Gasteiger partial charge in [-0.3, -0.25) is 14.9 Å². The molecule has 0 radical (unpaired) electrons. The first-order valence-corrected chi connectivity index (χ1v) is 4.75. The molecule has 0 bridgehead atoms. The number of esters is 1. The Hall–Kier alpha value is -1.64. The number of hydrogen-bond acceptors (Lipinski definition) is 5. The minimum absolute atomic E-state index is 0.249. The fourth-order valence-corrected chi connectivity index (χ4v) is 1.77. The summed E-state index contributed by atoms with van der Waals surface area (Å²) in [5, 5.41) is 18.8. The van der Waals surface area contributed by atoms with Crippen LogP contribution in [0.25, 0.3) is 0 Å². The molecule has 0 amide bonds. The molecule has 15 heavy (non-hydrogen) atoms. The van der Waals surface area contributed by atoms with E-state index in [4.69, 9.17) is 10.00 Å². The van der Waals surface area contributed by atoms with Gasteiger partial charge < -0.3 is 4.74 Å². The lowest BCUT2D eigenvalue weighted by atomic mass is 9.90. The summed E-state index contributed by atoms with van der Waals surface area (Å²) in [5.41, 5.74) is 0. The van der Waals surface area contributed by atoms with Gasteiger partial charge in [-0.05, 0) is 6.42 Å². The van der Waals surface area contributed by atoms with Crippen molar-refractivity contribution in [3.05, 3.63) is 10.1 Å². The number of nitriles is 1. The fourth-order valence-electron chi connectivity index (χ4n) is 1.77. The molecule has 0 saturated carbocycles. The molecule has 1 aliphatic heterocycles. The van der Waals surface area contributed by atoms with Crippen molar-refractivity contribution in [1.29, 1.82) is 5.26 Å². The van der Waals surface area contributed by atoms with E-state index in [0.717, 1.165) is 0 Å². The Balaban J connectivity index is 2.64. The van der Waals surface area contributed by atoms with Crippen LogP contribution in [0.1, 0.15) is 19.8 Å². The Morgan fingerprint density at radius 1 is 1.67 bits per heavy atom. The number of carbonyl (C=O) groups is 1. The number of carbonyl (C=O) groups excluding carboxylic acids is 1. The number of nitrogens with zero attached hydrogens (tertiary/aromatic N) is 2. The van der Waals surface area contributed by atoms with E-state index in [1.54, 1.807) is 6.92 Å². The third-order valence-corrected chi connectivity index (χ3v) is 2.66. The van der Waals surface area contributed by atoms with Gasteiger partial charge in [0.2, 0.25) is 6.54 Å². The molecule has 1 aliphatic rings. The molecule has 82 valence electrons. The summed E-state index contributed by atoms with van der Waals surface area (Å²) in [6.45, 7) is 1.35. The molecule has 6 heteroatoms. The van der Waals surface area contributed by atoms with Gasteiger partial charge >= 0.3 is 5.97 Å². The maximum atomic E-state index is 11.2. The van der Waals surface area contributed by atoms with Crippen molar-refractivity contribution in [2.75, 3.05) is 6.54 Å². The molecule has 0 N–H and O–H groups in total. The minimum atomic E-state index is -0.474. The maximum Gasteiger partial charge on any atom is 0.309 e. The zero-order valence-corrected chi connectivity index (χ0v) is 8.38. The fraction of sp³-hybridized carbons (Fsp3) is 0.778. The highest BCUT2D eigenvalue weighted by molar-refractivity contribution is 5.74. The maximum absolute atomic E-state index is 11.2. The monoisotopic (exact) mass is 212 g/mol. The van der Waals surface area contributed by atoms with Crippen molar-refractivity contribution in [3.8, 4) is 6.07 Å². The van der Waals surface area contributed by atoms with Crippen LogP contribution in [0.3, 0.4) is 0 Å². The summed E-state index contributed by atoms with van der Waals surface area (Å²) in [6, 6.07) is 1.94. The zero-order valence-electron chi connectivity index (χ0n) is 8.38. The number of nitro groups is 1.